The Hall–Kier alpha value is -4.77. The third kappa shape index (κ3) is 12.4. The summed E-state index contributed by atoms with van der Waals surface area (Å²) in [6.45, 7) is 6.74. The Kier molecular flexibility index (Phi) is 17.4. The molecule has 1 amide bonds. The molecule has 1 aliphatic heterocycles. The maximum absolute atomic E-state index is 13.3. The molecule has 19 nitrogen and oxygen atoms in total. The van der Waals surface area contributed by atoms with Gasteiger partial charge in [0, 0.05) is 11.1 Å². The summed E-state index contributed by atoms with van der Waals surface area (Å²) >= 11 is 0. The summed E-state index contributed by atoms with van der Waals surface area (Å²) < 4.78 is 43.2. The van der Waals surface area contributed by atoms with E-state index in [-0.39, 0.29) is 32.2 Å². The smallest absolute Gasteiger partial charge is 0.449 e. The van der Waals surface area contributed by atoms with Gasteiger partial charge < -0.3 is 37.9 Å². The Bertz CT molecular complexity index is 1300. The molecule has 268 valence electrons. The summed E-state index contributed by atoms with van der Waals surface area (Å²) in [5, 5.41) is 5.96. The minimum absolute atomic E-state index is 0.0252. The van der Waals surface area contributed by atoms with Crippen molar-refractivity contribution in [3.63, 3.8) is 0 Å². The van der Waals surface area contributed by atoms with E-state index in [2.05, 4.69) is 20.3 Å². The van der Waals surface area contributed by atoms with Crippen LogP contribution >= 0.6 is 0 Å². The van der Waals surface area contributed by atoms with E-state index in [0.717, 1.165) is 23.6 Å². The second kappa shape index (κ2) is 21.2. The number of nitrogens with zero attached hydrogens (tertiary/aromatic N) is 5. The van der Waals surface area contributed by atoms with Crippen molar-refractivity contribution >= 4 is 30.4 Å². The van der Waals surface area contributed by atoms with Crippen molar-refractivity contribution in [1.82, 2.24) is 9.55 Å². The number of hydrogen-bond donors (Lipinski definition) is 1. The van der Waals surface area contributed by atoms with Crippen molar-refractivity contribution in [3.05, 3.63) is 33.2 Å². The van der Waals surface area contributed by atoms with E-state index in [1.54, 1.807) is 0 Å². The number of carbonyl (C=O) groups excluding carboxylic acids is 4. The summed E-state index contributed by atoms with van der Waals surface area (Å²) in [7, 11) is 0. The molecular formula is C29H44N6O13. The molecular weight excluding hydrogens is 640 g/mol. The number of hydrogen-bond acceptors (Lipinski definition) is 15. The van der Waals surface area contributed by atoms with Gasteiger partial charge in [-0.25, -0.2) is 24.0 Å². The Morgan fingerprint density at radius 1 is 0.875 bits per heavy atom. The highest BCUT2D eigenvalue weighted by Gasteiger charge is 2.62. The molecule has 0 aromatic carbocycles. The highest BCUT2D eigenvalue weighted by Crippen LogP contribution is 2.42. The molecule has 1 saturated heterocycles. The molecule has 0 bridgehead atoms. The third-order valence-electron chi connectivity index (χ3n) is 6.63. The third-order valence-corrected chi connectivity index (χ3v) is 6.63. The highest BCUT2D eigenvalue weighted by molar-refractivity contribution is 5.83. The monoisotopic (exact) mass is 684 g/mol. The normalized spacial score (nSPS) is 19.7. The zero-order valence-corrected chi connectivity index (χ0v) is 27.6. The van der Waals surface area contributed by atoms with Gasteiger partial charge in [-0.05, 0) is 37.3 Å². The van der Waals surface area contributed by atoms with Gasteiger partial charge >= 0.3 is 30.2 Å². The maximum Gasteiger partial charge on any atom is 0.508 e. The van der Waals surface area contributed by atoms with Crippen LogP contribution in [0.4, 0.5) is 25.0 Å². The molecule has 48 heavy (non-hydrogen) atoms. The van der Waals surface area contributed by atoms with E-state index < -0.39 is 61.0 Å². The fraction of sp³-hybridized carbons (Fsp3) is 0.724. The standard InChI is InChI=1S/C29H44N6O13/c1-5-9-15-41-25(37)32-20-13-14-35(24(36)31-20)23-21(46-27(39)43-17-11-7-3)22(47-28(40)44-18-12-8-4)29(48-23,33-34-30)19-45-26(38)42-16-10-6-2/h13-14,21-23H,5-12,15-19H2,1-4H3,(H,31,32,36,37)/t21-,22+,23-,29-/m1/s1. The summed E-state index contributed by atoms with van der Waals surface area (Å²) in [4.78, 5) is 69.9. The Labute approximate surface area is 277 Å². The first-order valence-corrected chi connectivity index (χ1v) is 15.9. The van der Waals surface area contributed by atoms with E-state index in [0.29, 0.717) is 38.5 Å². The highest BCUT2D eigenvalue weighted by atomic mass is 16.8. The van der Waals surface area contributed by atoms with Crippen LogP contribution in [-0.2, 0) is 37.9 Å². The van der Waals surface area contributed by atoms with Crippen LogP contribution in [-0.4, -0.2) is 85.1 Å². The van der Waals surface area contributed by atoms with Crippen LogP contribution in [0.1, 0.15) is 85.3 Å². The molecule has 0 aliphatic carbocycles. The average Bonchev–Trinajstić information content (AvgIpc) is 3.32. The number of ether oxygens (including phenoxy) is 8. The van der Waals surface area contributed by atoms with Gasteiger partial charge in [0.05, 0.1) is 26.4 Å². The number of carbonyl (C=O) groups is 4. The number of anilines is 1. The van der Waals surface area contributed by atoms with Crippen molar-refractivity contribution in [2.24, 2.45) is 5.11 Å². The fourth-order valence-corrected chi connectivity index (χ4v) is 4.06. The van der Waals surface area contributed by atoms with E-state index in [4.69, 9.17) is 37.9 Å². The van der Waals surface area contributed by atoms with E-state index in [1.165, 1.54) is 6.07 Å². The molecule has 1 aromatic rings. The van der Waals surface area contributed by atoms with E-state index >= 15 is 0 Å². The SMILES string of the molecule is CCCCOC(=O)Nc1ccn([C@@H]2O[C@@](COC(=O)OCCCC)(N=[N+]=[N-])[C@@H](OC(=O)OCCCC)[C@H]2OC(=O)OCCCC)c(=O)n1. The average molecular weight is 685 g/mol. The number of rotatable bonds is 19. The van der Waals surface area contributed by atoms with Gasteiger partial charge in [0.1, 0.15) is 12.4 Å². The summed E-state index contributed by atoms with van der Waals surface area (Å²) in [5.74, 6) is -0.182. The molecule has 1 aromatic heterocycles. The maximum atomic E-state index is 13.3. The Morgan fingerprint density at radius 3 is 1.96 bits per heavy atom. The number of unbranched alkanes of at least 4 members (excludes halogenated alkanes) is 4. The quantitative estimate of drug-likeness (QED) is 0.0458. The number of aromatic nitrogens is 2. The van der Waals surface area contributed by atoms with Gasteiger partial charge in [-0.1, -0.05) is 58.5 Å². The molecule has 4 atom stereocenters. The van der Waals surface area contributed by atoms with Crippen LogP contribution in [0.3, 0.4) is 0 Å². The zero-order valence-electron chi connectivity index (χ0n) is 27.6. The lowest BCUT2D eigenvalue weighted by Gasteiger charge is -2.29. The van der Waals surface area contributed by atoms with E-state index in [1.807, 2.05) is 27.7 Å². The fourth-order valence-electron chi connectivity index (χ4n) is 4.06. The number of nitrogens with one attached hydrogen (secondary N) is 1. The second-order valence-corrected chi connectivity index (χ2v) is 10.4. The summed E-state index contributed by atoms with van der Waals surface area (Å²) in [6.07, 6.45) is -3.67. The predicted octanol–water partition coefficient (Wildman–Crippen LogP) is 5.72. The van der Waals surface area contributed by atoms with Crippen molar-refractivity contribution in [2.45, 2.75) is 103 Å². The molecule has 1 N–H and O–H groups in total. The van der Waals surface area contributed by atoms with E-state index in [9.17, 15) is 29.5 Å². The van der Waals surface area contributed by atoms with Crippen LogP contribution in [0.25, 0.3) is 10.4 Å². The molecule has 0 unspecified atom stereocenters. The van der Waals surface area contributed by atoms with Gasteiger partial charge in [0.25, 0.3) is 0 Å². The first kappa shape index (κ1) is 39.4. The van der Waals surface area contributed by atoms with Crippen molar-refractivity contribution in [2.75, 3.05) is 38.4 Å². The minimum atomic E-state index is -2.43. The van der Waals surface area contributed by atoms with Crippen LogP contribution in [0.5, 0.6) is 0 Å². The van der Waals surface area contributed by atoms with Gasteiger partial charge in [-0.2, -0.15) is 4.98 Å². The second-order valence-electron chi connectivity index (χ2n) is 10.4. The lowest BCUT2D eigenvalue weighted by atomic mass is 10.1. The number of amides is 1. The first-order valence-electron chi connectivity index (χ1n) is 15.9. The van der Waals surface area contributed by atoms with Gasteiger partial charge in [0.15, 0.2) is 18.4 Å². The molecule has 1 aliphatic rings. The van der Waals surface area contributed by atoms with Gasteiger partial charge in [-0.15, -0.1) is 0 Å². The van der Waals surface area contributed by atoms with Crippen molar-refractivity contribution in [3.8, 4) is 0 Å². The van der Waals surface area contributed by atoms with Gasteiger partial charge in [0.2, 0.25) is 5.72 Å². The Morgan fingerprint density at radius 2 is 1.42 bits per heavy atom. The van der Waals surface area contributed by atoms with Crippen LogP contribution in [0, 0.1) is 0 Å². The lowest BCUT2D eigenvalue weighted by molar-refractivity contribution is -0.135. The molecule has 2 heterocycles. The summed E-state index contributed by atoms with van der Waals surface area (Å²) in [5.41, 5.74) is 6.07. The van der Waals surface area contributed by atoms with Crippen LogP contribution in [0.2, 0.25) is 0 Å². The summed E-state index contributed by atoms with van der Waals surface area (Å²) in [6, 6.07) is 1.21. The molecule has 0 spiro atoms. The largest absolute Gasteiger partial charge is 0.508 e. The molecule has 0 saturated carbocycles. The lowest BCUT2D eigenvalue weighted by Crippen LogP contribution is -2.49. The molecule has 0 radical (unpaired) electrons. The first-order chi connectivity index (χ1) is 23.1. The predicted molar refractivity (Wildman–Crippen MR) is 165 cm³/mol. The topological polar surface area (TPSA) is 238 Å². The molecule has 2 rings (SSSR count). The number of azide groups is 1. The Balaban J connectivity index is 2.54. The minimum Gasteiger partial charge on any atom is -0.449 e. The van der Waals surface area contributed by atoms with Crippen molar-refractivity contribution in [1.29, 1.82) is 0 Å². The van der Waals surface area contributed by atoms with Crippen LogP contribution < -0.4 is 11.0 Å². The molecule has 1 fully saturated rings. The molecule has 19 heteroatoms. The van der Waals surface area contributed by atoms with Crippen LogP contribution in [0.15, 0.2) is 22.2 Å². The van der Waals surface area contributed by atoms with Gasteiger partial charge in [-0.3, -0.25) is 9.88 Å². The zero-order chi connectivity index (χ0) is 35.4. The van der Waals surface area contributed by atoms with Crippen molar-refractivity contribution < 1.29 is 57.1 Å².